The Morgan fingerprint density at radius 2 is 1.87 bits per heavy atom. The molecule has 0 saturated heterocycles. The lowest BCUT2D eigenvalue weighted by molar-refractivity contribution is -0.142. The first-order valence-corrected chi connectivity index (χ1v) is 4.88. The van der Waals surface area contributed by atoms with Gasteiger partial charge in [0.05, 0.1) is 7.11 Å². The summed E-state index contributed by atoms with van der Waals surface area (Å²) in [6, 6.07) is 3.58. The van der Waals surface area contributed by atoms with E-state index in [-0.39, 0.29) is 6.61 Å². The second kappa shape index (κ2) is 5.03. The van der Waals surface area contributed by atoms with Crippen LogP contribution in [0.3, 0.4) is 0 Å². The Bertz CT molecular complexity index is 351. The molecule has 0 aromatic heterocycles. The molecular weight excluding hydrogens is 216 g/mol. The molecule has 0 aliphatic heterocycles. The lowest BCUT2D eigenvalue weighted by Gasteiger charge is -2.08. The van der Waals surface area contributed by atoms with Crippen molar-refractivity contribution < 1.29 is 14.3 Å². The molecule has 0 aliphatic carbocycles. The van der Waals surface area contributed by atoms with Gasteiger partial charge in [0, 0.05) is 5.02 Å². The van der Waals surface area contributed by atoms with Crippen molar-refractivity contribution in [2.75, 3.05) is 13.7 Å². The van der Waals surface area contributed by atoms with Gasteiger partial charge in [-0.2, -0.15) is 0 Å². The quantitative estimate of drug-likeness (QED) is 0.746. The monoisotopic (exact) mass is 228 g/mol. The summed E-state index contributed by atoms with van der Waals surface area (Å²) in [6.45, 7) is 3.69. The van der Waals surface area contributed by atoms with Gasteiger partial charge >= 0.3 is 5.97 Å². The Kier molecular flexibility index (Phi) is 3.97. The Labute approximate surface area is 93.9 Å². The summed E-state index contributed by atoms with van der Waals surface area (Å²) >= 11 is 5.99. The van der Waals surface area contributed by atoms with Gasteiger partial charge in [0.2, 0.25) is 0 Å². The van der Waals surface area contributed by atoms with E-state index in [1.165, 1.54) is 7.11 Å². The molecule has 1 rings (SSSR count). The van der Waals surface area contributed by atoms with E-state index in [0.29, 0.717) is 5.75 Å². The number of carbonyl (C=O) groups excluding carboxylic acids is 1. The first-order valence-electron chi connectivity index (χ1n) is 4.51. The summed E-state index contributed by atoms with van der Waals surface area (Å²) in [5.41, 5.74) is 1.85. The van der Waals surface area contributed by atoms with E-state index in [4.69, 9.17) is 16.3 Å². The highest BCUT2D eigenvalue weighted by Gasteiger charge is 2.05. The molecule has 0 radical (unpaired) electrons. The molecule has 0 amide bonds. The van der Waals surface area contributed by atoms with E-state index in [1.54, 1.807) is 12.1 Å². The molecule has 1 aromatic carbocycles. The van der Waals surface area contributed by atoms with Gasteiger partial charge in [-0.05, 0) is 37.1 Å². The van der Waals surface area contributed by atoms with Gasteiger partial charge < -0.3 is 9.47 Å². The van der Waals surface area contributed by atoms with E-state index in [2.05, 4.69) is 4.74 Å². The highest BCUT2D eigenvalue weighted by atomic mass is 35.5. The van der Waals surface area contributed by atoms with Crippen LogP contribution in [-0.4, -0.2) is 19.7 Å². The Balaban J connectivity index is 2.75. The second-order valence-electron chi connectivity index (χ2n) is 3.24. The first-order chi connectivity index (χ1) is 7.04. The predicted octanol–water partition coefficient (Wildman–Crippen LogP) is 2.51. The van der Waals surface area contributed by atoms with Crippen LogP contribution in [0, 0.1) is 13.8 Å². The number of rotatable bonds is 3. The summed E-state index contributed by atoms with van der Waals surface area (Å²) in [5.74, 6) is 0.222. The molecule has 0 aliphatic rings. The molecule has 3 nitrogen and oxygen atoms in total. The predicted molar refractivity (Wildman–Crippen MR) is 58.4 cm³/mol. The SMILES string of the molecule is COC(=O)COc1cc(C)c(Cl)c(C)c1. The fourth-order valence-electron chi connectivity index (χ4n) is 1.19. The number of ether oxygens (including phenoxy) is 2. The maximum absolute atomic E-state index is 10.8. The van der Waals surface area contributed by atoms with Crippen LogP contribution in [0.25, 0.3) is 0 Å². The smallest absolute Gasteiger partial charge is 0.343 e. The molecule has 4 heteroatoms. The molecule has 0 unspecified atom stereocenters. The molecule has 0 heterocycles. The van der Waals surface area contributed by atoms with Crippen molar-refractivity contribution in [3.8, 4) is 5.75 Å². The third kappa shape index (κ3) is 3.13. The van der Waals surface area contributed by atoms with E-state index in [9.17, 15) is 4.79 Å². The van der Waals surface area contributed by atoms with Crippen LogP contribution in [0.1, 0.15) is 11.1 Å². The average molecular weight is 229 g/mol. The number of aryl methyl sites for hydroxylation is 2. The summed E-state index contributed by atoms with van der Waals surface area (Å²) in [4.78, 5) is 10.8. The zero-order valence-corrected chi connectivity index (χ0v) is 9.72. The van der Waals surface area contributed by atoms with Gasteiger partial charge in [0.25, 0.3) is 0 Å². The normalized spacial score (nSPS) is 9.87. The standard InChI is InChI=1S/C11H13ClO3/c1-7-4-9(5-8(2)11(7)12)15-6-10(13)14-3/h4-5H,6H2,1-3H3. The van der Waals surface area contributed by atoms with E-state index in [0.717, 1.165) is 16.1 Å². The lowest BCUT2D eigenvalue weighted by atomic mass is 10.1. The average Bonchev–Trinajstić information content (AvgIpc) is 2.22. The molecule has 0 bridgehead atoms. The number of carbonyl (C=O) groups is 1. The molecular formula is C11H13ClO3. The molecule has 0 fully saturated rings. The summed E-state index contributed by atoms with van der Waals surface area (Å²) < 4.78 is 9.71. The lowest BCUT2D eigenvalue weighted by Crippen LogP contribution is -2.12. The number of hydrogen-bond donors (Lipinski definition) is 0. The molecule has 82 valence electrons. The van der Waals surface area contributed by atoms with Crippen LogP contribution in [0.4, 0.5) is 0 Å². The van der Waals surface area contributed by atoms with Crippen molar-refractivity contribution in [1.82, 2.24) is 0 Å². The number of methoxy groups -OCH3 is 1. The highest BCUT2D eigenvalue weighted by molar-refractivity contribution is 6.32. The zero-order chi connectivity index (χ0) is 11.4. The number of halogens is 1. The Morgan fingerprint density at radius 1 is 1.33 bits per heavy atom. The molecule has 1 aromatic rings. The van der Waals surface area contributed by atoms with Crippen LogP contribution < -0.4 is 4.74 Å². The number of benzene rings is 1. The van der Waals surface area contributed by atoms with Crippen LogP contribution in [0.15, 0.2) is 12.1 Å². The van der Waals surface area contributed by atoms with Gasteiger partial charge in [-0.1, -0.05) is 11.6 Å². The topological polar surface area (TPSA) is 35.5 Å². The number of esters is 1. The molecule has 0 spiro atoms. The van der Waals surface area contributed by atoms with E-state index < -0.39 is 5.97 Å². The van der Waals surface area contributed by atoms with Crippen molar-refractivity contribution in [3.05, 3.63) is 28.3 Å². The van der Waals surface area contributed by atoms with Crippen molar-refractivity contribution in [3.63, 3.8) is 0 Å². The molecule has 0 saturated carbocycles. The van der Waals surface area contributed by atoms with Crippen LogP contribution in [0.2, 0.25) is 5.02 Å². The largest absolute Gasteiger partial charge is 0.482 e. The van der Waals surface area contributed by atoms with E-state index >= 15 is 0 Å². The first kappa shape index (κ1) is 11.9. The highest BCUT2D eigenvalue weighted by Crippen LogP contribution is 2.25. The van der Waals surface area contributed by atoms with E-state index in [1.807, 2.05) is 13.8 Å². The van der Waals surface area contributed by atoms with Gasteiger partial charge in [0.1, 0.15) is 5.75 Å². The second-order valence-corrected chi connectivity index (χ2v) is 3.61. The summed E-state index contributed by atoms with van der Waals surface area (Å²) in [5, 5.41) is 0.723. The summed E-state index contributed by atoms with van der Waals surface area (Å²) in [7, 11) is 1.32. The minimum absolute atomic E-state index is 0.0863. The van der Waals surface area contributed by atoms with Crippen molar-refractivity contribution in [1.29, 1.82) is 0 Å². The van der Waals surface area contributed by atoms with Crippen molar-refractivity contribution >= 4 is 17.6 Å². The van der Waals surface area contributed by atoms with Gasteiger partial charge in [0.15, 0.2) is 6.61 Å². The van der Waals surface area contributed by atoms with Gasteiger partial charge in [-0.15, -0.1) is 0 Å². The third-order valence-corrected chi connectivity index (χ3v) is 2.59. The molecule has 15 heavy (non-hydrogen) atoms. The fourth-order valence-corrected chi connectivity index (χ4v) is 1.30. The fraction of sp³-hybridized carbons (Fsp3) is 0.364. The maximum atomic E-state index is 10.8. The van der Waals surface area contributed by atoms with Crippen LogP contribution in [-0.2, 0) is 9.53 Å². The minimum Gasteiger partial charge on any atom is -0.482 e. The third-order valence-electron chi connectivity index (χ3n) is 1.99. The molecule has 0 N–H and O–H groups in total. The van der Waals surface area contributed by atoms with Gasteiger partial charge in [-0.25, -0.2) is 4.79 Å². The minimum atomic E-state index is -0.403. The molecule has 0 atom stereocenters. The Morgan fingerprint density at radius 3 is 2.33 bits per heavy atom. The van der Waals surface area contributed by atoms with Crippen molar-refractivity contribution in [2.45, 2.75) is 13.8 Å². The zero-order valence-electron chi connectivity index (χ0n) is 8.96. The van der Waals surface area contributed by atoms with Crippen LogP contribution >= 0.6 is 11.6 Å². The van der Waals surface area contributed by atoms with Crippen LogP contribution in [0.5, 0.6) is 5.75 Å². The summed E-state index contributed by atoms with van der Waals surface area (Å²) in [6.07, 6.45) is 0. The van der Waals surface area contributed by atoms with Gasteiger partial charge in [-0.3, -0.25) is 0 Å². The van der Waals surface area contributed by atoms with Crippen molar-refractivity contribution in [2.24, 2.45) is 0 Å². The Hall–Kier alpha value is -1.22. The number of hydrogen-bond acceptors (Lipinski definition) is 3. The maximum Gasteiger partial charge on any atom is 0.343 e.